The molecule has 17 heavy (non-hydrogen) atoms. The van der Waals surface area contributed by atoms with Crippen LogP contribution in [-0.2, 0) is 4.74 Å². The Kier molecular flexibility index (Phi) is 4.97. The van der Waals surface area contributed by atoms with E-state index >= 15 is 0 Å². The van der Waals surface area contributed by atoms with Gasteiger partial charge < -0.3 is 15.4 Å². The second-order valence-electron chi connectivity index (χ2n) is 3.97. The molecule has 2 heterocycles. The van der Waals surface area contributed by atoms with Crippen molar-refractivity contribution in [2.24, 2.45) is 0 Å². The maximum atomic E-state index is 5.92. The first-order chi connectivity index (χ1) is 8.36. The van der Waals surface area contributed by atoms with E-state index in [1.165, 1.54) is 6.33 Å². The number of halogens is 1. The third kappa shape index (κ3) is 4.11. The Morgan fingerprint density at radius 3 is 3.06 bits per heavy atom. The summed E-state index contributed by atoms with van der Waals surface area (Å²) in [4.78, 5) is 7.87. The zero-order valence-corrected chi connectivity index (χ0v) is 10.4. The van der Waals surface area contributed by atoms with Gasteiger partial charge in [0, 0.05) is 6.54 Å². The van der Waals surface area contributed by atoms with E-state index in [4.69, 9.17) is 16.3 Å². The maximum absolute atomic E-state index is 5.92. The lowest BCUT2D eigenvalue weighted by molar-refractivity contribution is 0.0394. The van der Waals surface area contributed by atoms with Gasteiger partial charge in [0.1, 0.15) is 17.2 Å². The number of rotatable bonds is 5. The van der Waals surface area contributed by atoms with Gasteiger partial charge in [-0.25, -0.2) is 9.97 Å². The summed E-state index contributed by atoms with van der Waals surface area (Å²) < 4.78 is 5.76. The average molecular weight is 257 g/mol. The summed E-state index contributed by atoms with van der Waals surface area (Å²) in [7, 11) is 0. The number of ether oxygens (including phenoxy) is 1. The van der Waals surface area contributed by atoms with Crippen LogP contribution >= 0.6 is 11.6 Å². The number of nitrogens with one attached hydrogen (secondary N) is 2. The molecule has 5 nitrogen and oxygen atoms in total. The molecule has 1 fully saturated rings. The second-order valence-corrected chi connectivity index (χ2v) is 4.37. The summed E-state index contributed by atoms with van der Waals surface area (Å²) in [5, 5.41) is 6.97. The lowest BCUT2D eigenvalue weighted by atomic mass is 10.1. The van der Waals surface area contributed by atoms with E-state index in [-0.39, 0.29) is 0 Å². The van der Waals surface area contributed by atoms with Crippen LogP contribution in [0.1, 0.15) is 12.8 Å². The van der Waals surface area contributed by atoms with Crippen molar-refractivity contribution in [2.75, 3.05) is 31.6 Å². The van der Waals surface area contributed by atoms with E-state index < -0.39 is 0 Å². The van der Waals surface area contributed by atoms with Gasteiger partial charge in [-0.1, -0.05) is 11.6 Å². The Morgan fingerprint density at radius 2 is 2.29 bits per heavy atom. The van der Waals surface area contributed by atoms with Crippen molar-refractivity contribution in [1.82, 2.24) is 15.3 Å². The van der Waals surface area contributed by atoms with Gasteiger partial charge in [0.05, 0.1) is 18.9 Å². The molecule has 94 valence electrons. The lowest BCUT2D eigenvalue weighted by Gasteiger charge is -2.23. The zero-order valence-electron chi connectivity index (χ0n) is 9.66. The van der Waals surface area contributed by atoms with E-state index in [1.807, 2.05) is 0 Å². The minimum atomic E-state index is 0.388. The predicted octanol–water partition coefficient (Wildman–Crippen LogP) is 1.31. The van der Waals surface area contributed by atoms with E-state index in [2.05, 4.69) is 20.6 Å². The molecule has 0 spiro atoms. The third-order valence-corrected chi connectivity index (χ3v) is 2.98. The normalized spacial score (nSPS) is 17.0. The molecular formula is C11H17ClN4O. The molecular weight excluding hydrogens is 240 g/mol. The Labute approximate surface area is 106 Å². The van der Waals surface area contributed by atoms with Crippen molar-refractivity contribution in [1.29, 1.82) is 0 Å². The van der Waals surface area contributed by atoms with Gasteiger partial charge in [0.25, 0.3) is 0 Å². The molecule has 1 saturated heterocycles. The van der Waals surface area contributed by atoms with E-state index in [9.17, 15) is 0 Å². The summed E-state index contributed by atoms with van der Waals surface area (Å²) in [5.41, 5.74) is 0. The standard InChI is InChI=1S/C11H17ClN4O/c12-10-7-14-8-16-11(10)15-5-6-17-9-1-3-13-4-2-9/h7-9,13H,1-6H2,(H,14,15,16). The summed E-state index contributed by atoms with van der Waals surface area (Å²) >= 11 is 5.92. The Hall–Kier alpha value is -0.910. The highest BCUT2D eigenvalue weighted by Crippen LogP contribution is 2.15. The molecule has 2 rings (SSSR count). The van der Waals surface area contributed by atoms with Gasteiger partial charge in [-0.15, -0.1) is 0 Å². The minimum Gasteiger partial charge on any atom is -0.376 e. The smallest absolute Gasteiger partial charge is 0.148 e. The quantitative estimate of drug-likeness (QED) is 0.778. The third-order valence-electron chi connectivity index (χ3n) is 2.70. The molecule has 0 saturated carbocycles. The number of hydrogen-bond acceptors (Lipinski definition) is 5. The number of hydrogen-bond donors (Lipinski definition) is 2. The van der Waals surface area contributed by atoms with Gasteiger partial charge in [-0.3, -0.25) is 0 Å². The van der Waals surface area contributed by atoms with Crippen LogP contribution in [0.4, 0.5) is 5.82 Å². The van der Waals surface area contributed by atoms with Crippen LogP contribution in [0.3, 0.4) is 0 Å². The Morgan fingerprint density at radius 1 is 1.47 bits per heavy atom. The molecule has 0 unspecified atom stereocenters. The highest BCUT2D eigenvalue weighted by atomic mass is 35.5. The lowest BCUT2D eigenvalue weighted by Crippen LogP contribution is -2.33. The molecule has 1 aliphatic rings. The zero-order chi connectivity index (χ0) is 11.9. The van der Waals surface area contributed by atoms with Gasteiger partial charge >= 0.3 is 0 Å². The minimum absolute atomic E-state index is 0.388. The van der Waals surface area contributed by atoms with Crippen molar-refractivity contribution in [3.8, 4) is 0 Å². The van der Waals surface area contributed by atoms with Crippen molar-refractivity contribution in [2.45, 2.75) is 18.9 Å². The van der Waals surface area contributed by atoms with Crippen molar-refractivity contribution in [3.63, 3.8) is 0 Å². The van der Waals surface area contributed by atoms with Crippen LogP contribution < -0.4 is 10.6 Å². The van der Waals surface area contributed by atoms with Gasteiger partial charge in [0.2, 0.25) is 0 Å². The van der Waals surface area contributed by atoms with Crippen molar-refractivity contribution >= 4 is 17.4 Å². The van der Waals surface area contributed by atoms with Gasteiger partial charge in [-0.2, -0.15) is 0 Å². The molecule has 0 atom stereocenters. The van der Waals surface area contributed by atoms with Crippen LogP contribution in [0.2, 0.25) is 5.02 Å². The fraction of sp³-hybridized carbons (Fsp3) is 0.636. The number of aromatic nitrogens is 2. The molecule has 1 aromatic heterocycles. The van der Waals surface area contributed by atoms with Gasteiger partial charge in [-0.05, 0) is 25.9 Å². The summed E-state index contributed by atoms with van der Waals surface area (Å²) in [5.74, 6) is 0.663. The van der Waals surface area contributed by atoms with Crippen LogP contribution in [-0.4, -0.2) is 42.3 Å². The number of piperidine rings is 1. The van der Waals surface area contributed by atoms with Gasteiger partial charge in [0.15, 0.2) is 0 Å². The molecule has 6 heteroatoms. The molecule has 2 N–H and O–H groups in total. The summed E-state index contributed by atoms with van der Waals surface area (Å²) in [6.45, 7) is 3.48. The van der Waals surface area contributed by atoms with E-state index in [0.717, 1.165) is 25.9 Å². The van der Waals surface area contributed by atoms with Crippen LogP contribution in [0.15, 0.2) is 12.5 Å². The fourth-order valence-corrected chi connectivity index (χ4v) is 1.97. The van der Waals surface area contributed by atoms with Crippen LogP contribution in [0.5, 0.6) is 0 Å². The first-order valence-corrected chi connectivity index (χ1v) is 6.26. The molecule has 0 bridgehead atoms. The molecule has 1 aliphatic heterocycles. The average Bonchev–Trinajstić information content (AvgIpc) is 2.38. The Balaban J connectivity index is 1.64. The summed E-state index contributed by atoms with van der Waals surface area (Å²) in [6, 6.07) is 0. The molecule has 0 aromatic carbocycles. The topological polar surface area (TPSA) is 59.1 Å². The molecule has 0 aliphatic carbocycles. The largest absolute Gasteiger partial charge is 0.376 e. The highest BCUT2D eigenvalue weighted by Gasteiger charge is 2.12. The Bertz CT molecular complexity index is 344. The van der Waals surface area contributed by atoms with Crippen molar-refractivity contribution in [3.05, 3.63) is 17.5 Å². The molecule has 0 radical (unpaired) electrons. The second kappa shape index (κ2) is 6.74. The molecule has 1 aromatic rings. The van der Waals surface area contributed by atoms with Crippen molar-refractivity contribution < 1.29 is 4.74 Å². The molecule has 0 amide bonds. The number of anilines is 1. The van der Waals surface area contributed by atoms with Crippen LogP contribution in [0.25, 0.3) is 0 Å². The van der Waals surface area contributed by atoms with Crippen LogP contribution in [0, 0.1) is 0 Å². The predicted molar refractivity (Wildman–Crippen MR) is 67.4 cm³/mol. The first kappa shape index (κ1) is 12.5. The SMILES string of the molecule is Clc1cncnc1NCCOC1CCNCC1. The van der Waals surface area contributed by atoms with E-state index in [1.54, 1.807) is 6.20 Å². The fourth-order valence-electron chi connectivity index (χ4n) is 1.80. The monoisotopic (exact) mass is 256 g/mol. The first-order valence-electron chi connectivity index (χ1n) is 5.88. The maximum Gasteiger partial charge on any atom is 0.148 e. The number of nitrogens with zero attached hydrogens (tertiary/aromatic N) is 2. The van der Waals surface area contributed by atoms with E-state index in [0.29, 0.717) is 30.1 Å². The summed E-state index contributed by atoms with van der Waals surface area (Å²) in [6.07, 6.45) is 5.62. The highest BCUT2D eigenvalue weighted by molar-refractivity contribution is 6.32.